The van der Waals surface area contributed by atoms with Crippen molar-refractivity contribution in [2.75, 3.05) is 53.7 Å². The van der Waals surface area contributed by atoms with Gasteiger partial charge in [-0.25, -0.2) is 0 Å². The molecule has 0 radical (unpaired) electrons. The van der Waals surface area contributed by atoms with E-state index in [1.807, 2.05) is 18.2 Å². The van der Waals surface area contributed by atoms with Gasteiger partial charge in [-0.05, 0) is 12.5 Å². The molecule has 5 heteroatoms. The van der Waals surface area contributed by atoms with Crippen LogP contribution in [0.4, 0.5) is 0 Å². The molecule has 23 heavy (non-hydrogen) atoms. The first-order chi connectivity index (χ1) is 11.3. The summed E-state index contributed by atoms with van der Waals surface area (Å²) in [6, 6.07) is 8.27. The number of nitrogens with zero attached hydrogens (tertiary/aromatic N) is 1. The van der Waals surface area contributed by atoms with Crippen molar-refractivity contribution in [3.05, 3.63) is 29.8 Å². The third-order valence-electron chi connectivity index (χ3n) is 3.86. The van der Waals surface area contributed by atoms with E-state index in [0.717, 1.165) is 43.9 Å². The highest BCUT2D eigenvalue weighted by Gasteiger charge is 2.22. The van der Waals surface area contributed by atoms with Crippen LogP contribution in [0, 0.1) is 0 Å². The largest absolute Gasteiger partial charge is 0.493 e. The Balaban J connectivity index is 2.90. The smallest absolute Gasteiger partial charge is 0.124 e. The topological polar surface area (TPSA) is 57.0 Å². The predicted octanol–water partition coefficient (Wildman–Crippen LogP) is 2.46. The molecular weight excluding hydrogens is 292 g/mol. The van der Waals surface area contributed by atoms with Crippen LogP contribution < -0.4 is 10.5 Å². The highest BCUT2D eigenvalue weighted by atomic mass is 16.5. The van der Waals surface area contributed by atoms with Crippen LogP contribution in [-0.4, -0.2) is 58.6 Å². The number of rotatable bonds is 13. The summed E-state index contributed by atoms with van der Waals surface area (Å²) in [7, 11) is 3.43. The highest BCUT2D eigenvalue weighted by molar-refractivity contribution is 5.36. The minimum Gasteiger partial charge on any atom is -0.493 e. The second-order valence-electron chi connectivity index (χ2n) is 5.51. The number of hydrogen-bond donors (Lipinski definition) is 1. The first-order valence-electron chi connectivity index (χ1n) is 8.42. The summed E-state index contributed by atoms with van der Waals surface area (Å²) < 4.78 is 16.5. The molecule has 0 aliphatic carbocycles. The molecule has 2 N–H and O–H groups in total. The second-order valence-corrected chi connectivity index (χ2v) is 5.51. The van der Waals surface area contributed by atoms with Gasteiger partial charge in [0.15, 0.2) is 0 Å². The van der Waals surface area contributed by atoms with Crippen LogP contribution in [0.5, 0.6) is 5.75 Å². The fourth-order valence-electron chi connectivity index (χ4n) is 2.53. The van der Waals surface area contributed by atoms with Crippen LogP contribution in [0.25, 0.3) is 0 Å². The molecule has 1 rings (SSSR count). The number of ether oxygens (including phenoxy) is 3. The number of hydrogen-bond acceptors (Lipinski definition) is 5. The molecular formula is C18H32N2O3. The Morgan fingerprint density at radius 1 is 1.04 bits per heavy atom. The third kappa shape index (κ3) is 6.87. The lowest BCUT2D eigenvalue weighted by Crippen LogP contribution is -2.38. The van der Waals surface area contributed by atoms with E-state index in [0.29, 0.717) is 19.8 Å². The Hall–Kier alpha value is -1.14. The number of unbranched alkanes of at least 4 members (excludes halogenated alkanes) is 1. The fraction of sp³-hybridized carbons (Fsp3) is 0.667. The van der Waals surface area contributed by atoms with Gasteiger partial charge >= 0.3 is 0 Å². The predicted molar refractivity (Wildman–Crippen MR) is 94.0 cm³/mol. The van der Waals surface area contributed by atoms with E-state index in [2.05, 4.69) is 17.9 Å². The molecule has 0 saturated carbocycles. The Morgan fingerprint density at radius 2 is 1.70 bits per heavy atom. The average molecular weight is 324 g/mol. The number of nitrogens with two attached hydrogens (primary N) is 1. The molecule has 132 valence electrons. The van der Waals surface area contributed by atoms with Crippen LogP contribution >= 0.6 is 0 Å². The minimum atomic E-state index is 0.0955. The van der Waals surface area contributed by atoms with Crippen molar-refractivity contribution >= 4 is 0 Å². The van der Waals surface area contributed by atoms with Crippen molar-refractivity contribution < 1.29 is 14.2 Å². The Labute approximate surface area is 140 Å². The van der Waals surface area contributed by atoms with E-state index >= 15 is 0 Å². The molecule has 0 bridgehead atoms. The lowest BCUT2D eigenvalue weighted by Gasteiger charge is -2.32. The first-order valence-corrected chi connectivity index (χ1v) is 8.42. The average Bonchev–Trinajstić information content (AvgIpc) is 2.58. The Kier molecular flexibility index (Phi) is 10.6. The van der Waals surface area contributed by atoms with Crippen LogP contribution in [0.3, 0.4) is 0 Å². The summed E-state index contributed by atoms with van der Waals surface area (Å²) in [5.41, 5.74) is 7.23. The zero-order valence-corrected chi connectivity index (χ0v) is 14.8. The summed E-state index contributed by atoms with van der Waals surface area (Å²) in [6.45, 7) is 6.38. The summed E-state index contributed by atoms with van der Waals surface area (Å²) in [5, 5.41) is 0. The van der Waals surface area contributed by atoms with Crippen molar-refractivity contribution in [3.63, 3.8) is 0 Å². The van der Waals surface area contributed by atoms with Crippen LogP contribution in [0.15, 0.2) is 24.3 Å². The number of methoxy groups -OCH3 is 2. The molecule has 0 spiro atoms. The monoisotopic (exact) mass is 324 g/mol. The van der Waals surface area contributed by atoms with E-state index in [1.54, 1.807) is 14.2 Å². The van der Waals surface area contributed by atoms with Crippen molar-refractivity contribution in [3.8, 4) is 5.75 Å². The van der Waals surface area contributed by atoms with Gasteiger partial charge in [0, 0.05) is 39.4 Å². The maximum absolute atomic E-state index is 6.09. The van der Waals surface area contributed by atoms with Gasteiger partial charge in [-0.3, -0.25) is 4.90 Å². The SMILES string of the molecule is CCCCOc1ccccc1C(CN)N(CCOC)CCOC. The van der Waals surface area contributed by atoms with Crippen LogP contribution in [0.1, 0.15) is 31.4 Å². The fourth-order valence-corrected chi connectivity index (χ4v) is 2.53. The molecule has 0 saturated heterocycles. The lowest BCUT2D eigenvalue weighted by molar-refractivity contribution is 0.0880. The Morgan fingerprint density at radius 3 is 2.26 bits per heavy atom. The van der Waals surface area contributed by atoms with E-state index < -0.39 is 0 Å². The molecule has 1 atom stereocenters. The van der Waals surface area contributed by atoms with Gasteiger partial charge in [-0.2, -0.15) is 0 Å². The van der Waals surface area contributed by atoms with Crippen LogP contribution in [0.2, 0.25) is 0 Å². The number of benzene rings is 1. The summed E-state index contributed by atoms with van der Waals surface area (Å²) in [5.74, 6) is 0.927. The van der Waals surface area contributed by atoms with Gasteiger partial charge < -0.3 is 19.9 Å². The maximum Gasteiger partial charge on any atom is 0.124 e. The second kappa shape index (κ2) is 12.3. The molecule has 5 nitrogen and oxygen atoms in total. The van der Waals surface area contributed by atoms with E-state index in [-0.39, 0.29) is 6.04 Å². The zero-order chi connectivity index (χ0) is 16.9. The van der Waals surface area contributed by atoms with E-state index in [1.165, 1.54) is 0 Å². The third-order valence-corrected chi connectivity index (χ3v) is 3.86. The molecule has 1 aromatic carbocycles. The van der Waals surface area contributed by atoms with Crippen molar-refractivity contribution in [1.82, 2.24) is 4.90 Å². The summed E-state index contributed by atoms with van der Waals surface area (Å²) in [4.78, 5) is 2.30. The standard InChI is InChI=1S/C18H32N2O3/c1-4-5-12-23-18-9-7-6-8-16(18)17(15-19)20(10-13-21-2)11-14-22-3/h6-9,17H,4-5,10-15,19H2,1-3H3. The zero-order valence-electron chi connectivity index (χ0n) is 14.8. The first kappa shape index (κ1) is 19.9. The molecule has 0 fully saturated rings. The van der Waals surface area contributed by atoms with E-state index in [4.69, 9.17) is 19.9 Å². The molecule has 1 unspecified atom stereocenters. The molecule has 1 aromatic rings. The molecule has 0 amide bonds. The van der Waals surface area contributed by atoms with Crippen LogP contribution in [-0.2, 0) is 9.47 Å². The lowest BCUT2D eigenvalue weighted by atomic mass is 10.0. The van der Waals surface area contributed by atoms with Gasteiger partial charge in [0.05, 0.1) is 25.9 Å². The summed E-state index contributed by atoms with van der Waals surface area (Å²) >= 11 is 0. The van der Waals surface area contributed by atoms with E-state index in [9.17, 15) is 0 Å². The van der Waals surface area contributed by atoms with Gasteiger partial charge in [-0.15, -0.1) is 0 Å². The molecule has 0 aromatic heterocycles. The van der Waals surface area contributed by atoms with Crippen molar-refractivity contribution in [2.24, 2.45) is 5.73 Å². The minimum absolute atomic E-state index is 0.0955. The van der Waals surface area contributed by atoms with Gasteiger partial charge in [-0.1, -0.05) is 31.5 Å². The van der Waals surface area contributed by atoms with Gasteiger partial charge in [0.2, 0.25) is 0 Å². The van der Waals surface area contributed by atoms with Gasteiger partial charge in [0.1, 0.15) is 5.75 Å². The molecule has 0 heterocycles. The quantitative estimate of drug-likeness (QED) is 0.565. The molecule has 0 aliphatic heterocycles. The number of para-hydroxylation sites is 1. The normalized spacial score (nSPS) is 12.6. The Bertz CT molecular complexity index is 407. The van der Waals surface area contributed by atoms with Crippen molar-refractivity contribution in [2.45, 2.75) is 25.8 Å². The van der Waals surface area contributed by atoms with Crippen molar-refractivity contribution in [1.29, 1.82) is 0 Å². The molecule has 0 aliphatic rings. The summed E-state index contributed by atoms with van der Waals surface area (Å²) in [6.07, 6.45) is 2.18. The maximum atomic E-state index is 6.09. The van der Waals surface area contributed by atoms with Gasteiger partial charge in [0.25, 0.3) is 0 Å². The highest BCUT2D eigenvalue weighted by Crippen LogP contribution is 2.29.